The summed E-state index contributed by atoms with van der Waals surface area (Å²) in [7, 11) is 0. The highest BCUT2D eigenvalue weighted by molar-refractivity contribution is 7.07. The van der Waals surface area contributed by atoms with Gasteiger partial charge >= 0.3 is 0 Å². The van der Waals surface area contributed by atoms with Gasteiger partial charge in [0.2, 0.25) is 0 Å². The second-order valence-corrected chi connectivity index (χ2v) is 6.44. The Morgan fingerprint density at radius 2 is 2.43 bits per heavy atom. The topological polar surface area (TPSA) is 73.0 Å². The molecule has 1 amide bonds. The number of nitrogens with zero attached hydrogens (tertiary/aromatic N) is 3. The highest BCUT2D eigenvalue weighted by Gasteiger charge is 2.29. The summed E-state index contributed by atoms with van der Waals surface area (Å²) in [6.07, 6.45) is 5.88. The summed E-state index contributed by atoms with van der Waals surface area (Å²) < 4.78 is 7.08. The summed E-state index contributed by atoms with van der Waals surface area (Å²) in [5.41, 5.74) is 1.47. The Morgan fingerprint density at radius 3 is 3.13 bits per heavy atom. The Balaban J connectivity index is 1.45. The average molecular weight is 328 g/mol. The summed E-state index contributed by atoms with van der Waals surface area (Å²) in [5, 5.41) is 15.2. The largest absolute Gasteiger partial charge is 0.360 e. The molecule has 0 spiro atoms. The van der Waals surface area contributed by atoms with Crippen molar-refractivity contribution in [2.24, 2.45) is 0 Å². The molecule has 6 nitrogen and oxygen atoms in total. The van der Waals surface area contributed by atoms with Crippen molar-refractivity contribution in [1.29, 1.82) is 0 Å². The monoisotopic (exact) mass is 328 g/mol. The minimum Gasteiger partial charge on any atom is -0.360 e. The zero-order chi connectivity index (χ0) is 15.6. The molecule has 1 N–H and O–H groups in total. The quantitative estimate of drug-likeness (QED) is 0.755. The average Bonchev–Trinajstić information content (AvgIpc) is 3.06. The first-order chi connectivity index (χ1) is 11.3. The SMILES string of the molecule is O=C(NC[C@H](c1ccsc1)n1cccn1)c1cc(C2CC2)on1. The fraction of sp³-hybridized carbons (Fsp3) is 0.312. The van der Waals surface area contributed by atoms with Crippen LogP contribution in [0.5, 0.6) is 0 Å². The third-order valence-corrected chi connectivity index (χ3v) is 4.67. The van der Waals surface area contributed by atoms with Crippen LogP contribution in [0.1, 0.15) is 46.6 Å². The summed E-state index contributed by atoms with van der Waals surface area (Å²) in [6, 6.07) is 5.64. The zero-order valence-corrected chi connectivity index (χ0v) is 13.2. The maximum Gasteiger partial charge on any atom is 0.273 e. The van der Waals surface area contributed by atoms with E-state index in [1.54, 1.807) is 23.6 Å². The molecular weight excluding hydrogens is 312 g/mol. The number of aromatic nitrogens is 3. The first kappa shape index (κ1) is 14.2. The van der Waals surface area contributed by atoms with E-state index in [2.05, 4.69) is 21.0 Å². The van der Waals surface area contributed by atoms with Crippen molar-refractivity contribution in [1.82, 2.24) is 20.3 Å². The van der Waals surface area contributed by atoms with Crippen molar-refractivity contribution < 1.29 is 9.32 Å². The lowest BCUT2D eigenvalue weighted by atomic mass is 10.1. The van der Waals surface area contributed by atoms with E-state index in [0.29, 0.717) is 18.2 Å². The maximum absolute atomic E-state index is 12.3. The Hall–Kier alpha value is -2.41. The lowest BCUT2D eigenvalue weighted by Gasteiger charge is -2.17. The minimum absolute atomic E-state index is 0.0324. The smallest absolute Gasteiger partial charge is 0.273 e. The first-order valence-corrected chi connectivity index (χ1v) is 8.51. The summed E-state index contributed by atoms with van der Waals surface area (Å²) in [4.78, 5) is 12.3. The standard InChI is InChI=1S/C16H16N4O2S/c21-16(13-8-15(22-19-13)11-2-3-11)17-9-14(12-4-7-23-10-12)20-6-1-5-18-20/h1,4-8,10-11,14H,2-3,9H2,(H,17,21)/t14-/m1/s1. The number of rotatable bonds is 6. The Morgan fingerprint density at radius 1 is 1.52 bits per heavy atom. The van der Waals surface area contributed by atoms with Gasteiger partial charge in [-0.05, 0) is 41.3 Å². The van der Waals surface area contributed by atoms with Crippen molar-refractivity contribution in [2.45, 2.75) is 24.8 Å². The second kappa shape index (κ2) is 6.00. The van der Waals surface area contributed by atoms with Crippen LogP contribution in [0.25, 0.3) is 0 Å². The first-order valence-electron chi connectivity index (χ1n) is 7.57. The van der Waals surface area contributed by atoms with E-state index in [-0.39, 0.29) is 11.9 Å². The van der Waals surface area contributed by atoms with Gasteiger partial charge in [0.25, 0.3) is 5.91 Å². The molecule has 23 heavy (non-hydrogen) atoms. The molecule has 3 aromatic rings. The molecule has 1 atom stereocenters. The molecule has 0 saturated heterocycles. The lowest BCUT2D eigenvalue weighted by Crippen LogP contribution is -2.31. The van der Waals surface area contributed by atoms with Crippen LogP contribution in [-0.2, 0) is 0 Å². The fourth-order valence-electron chi connectivity index (χ4n) is 2.53. The predicted octanol–water partition coefficient (Wildman–Crippen LogP) is 2.83. The Labute approximate surface area is 137 Å². The van der Waals surface area contributed by atoms with E-state index in [1.165, 1.54) is 0 Å². The number of amides is 1. The molecule has 0 aliphatic heterocycles. The predicted molar refractivity (Wildman–Crippen MR) is 85.5 cm³/mol. The van der Waals surface area contributed by atoms with E-state index in [1.807, 2.05) is 28.4 Å². The molecule has 3 heterocycles. The van der Waals surface area contributed by atoms with Gasteiger partial charge in [-0.25, -0.2) is 0 Å². The molecule has 1 fully saturated rings. The number of thiophene rings is 1. The number of carbonyl (C=O) groups is 1. The van der Waals surface area contributed by atoms with Gasteiger partial charge in [0.1, 0.15) is 5.76 Å². The van der Waals surface area contributed by atoms with Crippen molar-refractivity contribution in [3.05, 3.63) is 58.4 Å². The normalized spacial score (nSPS) is 15.5. The lowest BCUT2D eigenvalue weighted by molar-refractivity contribution is 0.0940. The highest BCUT2D eigenvalue weighted by Crippen LogP contribution is 2.40. The van der Waals surface area contributed by atoms with Gasteiger partial charge in [0.05, 0.1) is 6.04 Å². The summed E-state index contributed by atoms with van der Waals surface area (Å²) in [6.45, 7) is 0.447. The van der Waals surface area contributed by atoms with Crippen molar-refractivity contribution in [3.63, 3.8) is 0 Å². The van der Waals surface area contributed by atoms with Crippen LogP contribution in [0.3, 0.4) is 0 Å². The molecule has 1 aliphatic rings. The van der Waals surface area contributed by atoms with Gasteiger partial charge in [0.15, 0.2) is 5.69 Å². The number of nitrogens with one attached hydrogen (secondary N) is 1. The Kier molecular flexibility index (Phi) is 3.70. The molecule has 3 aromatic heterocycles. The molecule has 0 unspecified atom stereocenters. The molecule has 1 saturated carbocycles. The van der Waals surface area contributed by atoms with Crippen LogP contribution in [-0.4, -0.2) is 27.4 Å². The molecule has 0 bridgehead atoms. The van der Waals surface area contributed by atoms with Crippen molar-refractivity contribution in [2.75, 3.05) is 6.54 Å². The van der Waals surface area contributed by atoms with Crippen molar-refractivity contribution >= 4 is 17.2 Å². The summed E-state index contributed by atoms with van der Waals surface area (Å²) >= 11 is 1.63. The van der Waals surface area contributed by atoms with Crippen LogP contribution in [0.15, 0.2) is 45.9 Å². The van der Waals surface area contributed by atoms with Crippen LogP contribution in [0, 0.1) is 0 Å². The third-order valence-electron chi connectivity index (χ3n) is 3.97. The molecule has 118 valence electrons. The molecule has 0 radical (unpaired) electrons. The number of hydrogen-bond donors (Lipinski definition) is 1. The minimum atomic E-state index is -0.215. The van der Waals surface area contributed by atoms with Gasteiger partial charge in [-0.15, -0.1) is 0 Å². The number of carbonyl (C=O) groups excluding carboxylic acids is 1. The van der Waals surface area contributed by atoms with Gasteiger partial charge in [-0.3, -0.25) is 9.48 Å². The molecule has 4 rings (SSSR count). The van der Waals surface area contributed by atoms with Crippen LogP contribution in [0.2, 0.25) is 0 Å². The van der Waals surface area contributed by atoms with E-state index < -0.39 is 0 Å². The second-order valence-electron chi connectivity index (χ2n) is 5.66. The fourth-order valence-corrected chi connectivity index (χ4v) is 3.24. The molecule has 0 aromatic carbocycles. The molecular formula is C16H16N4O2S. The van der Waals surface area contributed by atoms with Crippen LogP contribution < -0.4 is 5.32 Å². The Bertz CT molecular complexity index is 741. The summed E-state index contributed by atoms with van der Waals surface area (Å²) in [5.74, 6) is 1.05. The van der Waals surface area contributed by atoms with E-state index in [9.17, 15) is 4.79 Å². The van der Waals surface area contributed by atoms with Gasteiger partial charge in [-0.2, -0.15) is 16.4 Å². The zero-order valence-electron chi connectivity index (χ0n) is 12.4. The number of hydrogen-bond acceptors (Lipinski definition) is 5. The van der Waals surface area contributed by atoms with E-state index in [4.69, 9.17) is 4.52 Å². The molecule has 7 heteroatoms. The third kappa shape index (κ3) is 3.05. The van der Waals surface area contributed by atoms with Gasteiger partial charge in [-0.1, -0.05) is 5.16 Å². The van der Waals surface area contributed by atoms with Crippen molar-refractivity contribution in [3.8, 4) is 0 Å². The molecule has 1 aliphatic carbocycles. The van der Waals surface area contributed by atoms with E-state index >= 15 is 0 Å². The maximum atomic E-state index is 12.3. The van der Waals surface area contributed by atoms with E-state index in [0.717, 1.165) is 24.2 Å². The highest BCUT2D eigenvalue weighted by atomic mass is 32.1. The van der Waals surface area contributed by atoms with Crippen LogP contribution in [0.4, 0.5) is 0 Å². The van der Waals surface area contributed by atoms with Crippen LogP contribution >= 0.6 is 11.3 Å². The van der Waals surface area contributed by atoms with Gasteiger partial charge in [0, 0.05) is 30.9 Å². The van der Waals surface area contributed by atoms with Gasteiger partial charge < -0.3 is 9.84 Å².